The lowest BCUT2D eigenvalue weighted by Gasteiger charge is -2.40. The zero-order chi connectivity index (χ0) is 41.1. The molecule has 0 spiro atoms. The fraction of sp³-hybridized carbons (Fsp3) is 0.911. The van der Waals surface area contributed by atoms with Gasteiger partial charge in [0.15, 0.2) is 12.6 Å². The van der Waals surface area contributed by atoms with Crippen molar-refractivity contribution in [3.63, 3.8) is 0 Å². The highest BCUT2D eigenvalue weighted by Crippen LogP contribution is 2.24. The van der Waals surface area contributed by atoms with Crippen LogP contribution < -0.4 is 5.73 Å². The Morgan fingerprint density at radius 2 is 1.07 bits per heavy atom. The third kappa shape index (κ3) is 27.7. The highest BCUT2D eigenvalue weighted by molar-refractivity contribution is 4.94. The van der Waals surface area contributed by atoms with Crippen molar-refractivity contribution in [1.82, 2.24) is 0 Å². The number of ether oxygens (including phenoxy) is 4. The van der Waals surface area contributed by atoms with Crippen molar-refractivity contribution in [1.29, 1.82) is 0 Å². The molecule has 0 aromatic heterocycles. The topological polar surface area (TPSA) is 184 Å². The largest absolute Gasteiger partial charge is 0.394 e. The van der Waals surface area contributed by atoms with Crippen LogP contribution in [0.3, 0.4) is 0 Å². The molecule has 1 unspecified atom stereocenters. The number of aliphatic hydroxyl groups is 6. The SMILES string of the molecule is CCCCCCCC/C=C/CCCCCCCC(OC[C@H](O)CO)OC[C@H]1O[C@@H](OC[C@H](N)[C@H](O)/C=C/CCCCCCCCCCCCC)[C@H](O)[C@@H](O)[C@H]1O. The molecule has 11 nitrogen and oxygen atoms in total. The second-order valence-corrected chi connectivity index (χ2v) is 16.1. The van der Waals surface area contributed by atoms with E-state index < -0.39 is 61.9 Å². The Morgan fingerprint density at radius 1 is 0.589 bits per heavy atom. The van der Waals surface area contributed by atoms with Crippen molar-refractivity contribution in [2.75, 3.05) is 26.4 Å². The molecule has 1 saturated heterocycles. The molecule has 1 aliphatic rings. The quantitative estimate of drug-likeness (QED) is 0.0186. The molecule has 9 atom stereocenters. The van der Waals surface area contributed by atoms with Crippen LogP contribution in [-0.4, -0.2) is 112 Å². The third-order valence-corrected chi connectivity index (χ3v) is 10.7. The number of hydrogen-bond acceptors (Lipinski definition) is 11. The Labute approximate surface area is 341 Å². The van der Waals surface area contributed by atoms with Crippen molar-refractivity contribution in [2.45, 2.75) is 236 Å². The van der Waals surface area contributed by atoms with Gasteiger partial charge < -0.3 is 55.3 Å². The van der Waals surface area contributed by atoms with Gasteiger partial charge in [0.25, 0.3) is 0 Å². The number of aliphatic hydroxyl groups excluding tert-OH is 6. The zero-order valence-corrected chi connectivity index (χ0v) is 35.6. The summed E-state index contributed by atoms with van der Waals surface area (Å²) in [7, 11) is 0. The van der Waals surface area contributed by atoms with Gasteiger partial charge in [-0.3, -0.25) is 0 Å². The third-order valence-electron chi connectivity index (χ3n) is 10.7. The van der Waals surface area contributed by atoms with E-state index >= 15 is 0 Å². The standard InChI is InChI=1S/C45H87NO10/c1-3-5-7-9-11-13-15-17-18-20-22-24-26-28-30-32-41(53-34-37(48)33-47)54-36-40-42(50)43(51)44(52)45(56-40)55-35-38(46)39(49)31-29-27-25-23-21-19-16-14-12-10-8-6-4-2/h17-18,29,31,37-45,47-52H,3-16,19-28,30,32-36,46H2,1-2H3/b18-17+,31-29+/t37-,38+,39-,40-,41?,42+,43+,44-,45-/m1/s1. The van der Waals surface area contributed by atoms with Crippen LogP contribution in [0.4, 0.5) is 0 Å². The number of unbranched alkanes of at least 4 members (excludes halogenated alkanes) is 22. The summed E-state index contributed by atoms with van der Waals surface area (Å²) in [6.45, 7) is 3.60. The molecular weight excluding hydrogens is 714 g/mol. The zero-order valence-electron chi connectivity index (χ0n) is 35.6. The Kier molecular flexibility index (Phi) is 35.1. The van der Waals surface area contributed by atoms with Crippen LogP contribution in [-0.2, 0) is 18.9 Å². The molecule has 0 aromatic rings. The van der Waals surface area contributed by atoms with E-state index in [1.807, 2.05) is 6.08 Å². The smallest absolute Gasteiger partial charge is 0.186 e. The van der Waals surface area contributed by atoms with Crippen molar-refractivity contribution < 1.29 is 49.6 Å². The molecule has 0 aliphatic carbocycles. The van der Waals surface area contributed by atoms with Gasteiger partial charge in [0.05, 0.1) is 38.6 Å². The fourth-order valence-corrected chi connectivity index (χ4v) is 6.87. The summed E-state index contributed by atoms with van der Waals surface area (Å²) in [6, 6.07) is -0.792. The van der Waals surface area contributed by atoms with E-state index in [2.05, 4.69) is 26.0 Å². The normalized spacial score (nSPS) is 22.6. The number of allylic oxidation sites excluding steroid dienone is 3. The minimum Gasteiger partial charge on any atom is -0.394 e. The molecule has 1 rings (SSSR count). The van der Waals surface area contributed by atoms with Crippen molar-refractivity contribution in [3.8, 4) is 0 Å². The highest BCUT2D eigenvalue weighted by atomic mass is 16.7. The van der Waals surface area contributed by atoms with Crippen molar-refractivity contribution in [2.24, 2.45) is 5.73 Å². The average Bonchev–Trinajstić information content (AvgIpc) is 3.20. The van der Waals surface area contributed by atoms with Gasteiger partial charge in [-0.05, 0) is 51.4 Å². The number of rotatable bonds is 39. The molecule has 56 heavy (non-hydrogen) atoms. The van der Waals surface area contributed by atoms with E-state index in [-0.39, 0.29) is 19.8 Å². The van der Waals surface area contributed by atoms with Gasteiger partial charge >= 0.3 is 0 Å². The highest BCUT2D eigenvalue weighted by Gasteiger charge is 2.45. The second kappa shape index (κ2) is 37.1. The maximum Gasteiger partial charge on any atom is 0.186 e. The van der Waals surface area contributed by atoms with E-state index in [4.69, 9.17) is 24.7 Å². The molecule has 1 heterocycles. The molecule has 1 aliphatic heterocycles. The van der Waals surface area contributed by atoms with Crippen molar-refractivity contribution >= 4 is 0 Å². The Balaban J connectivity index is 2.39. The number of nitrogens with two attached hydrogens (primary N) is 1. The lowest BCUT2D eigenvalue weighted by Crippen LogP contribution is -2.60. The second-order valence-electron chi connectivity index (χ2n) is 16.1. The molecule has 1 fully saturated rings. The van der Waals surface area contributed by atoms with Gasteiger partial charge in [0.2, 0.25) is 0 Å². The molecule has 0 radical (unpaired) electrons. The minimum absolute atomic E-state index is 0.124. The molecule has 8 N–H and O–H groups in total. The van der Waals surface area contributed by atoms with Crippen LogP contribution in [0.5, 0.6) is 0 Å². The van der Waals surface area contributed by atoms with E-state index in [1.165, 1.54) is 103 Å². The summed E-state index contributed by atoms with van der Waals surface area (Å²) in [6.07, 6.45) is 29.4. The Bertz CT molecular complexity index is 910. The van der Waals surface area contributed by atoms with Crippen LogP contribution >= 0.6 is 0 Å². The molecule has 0 bridgehead atoms. The van der Waals surface area contributed by atoms with Crippen LogP contribution in [0.15, 0.2) is 24.3 Å². The predicted molar refractivity (Wildman–Crippen MR) is 225 cm³/mol. The molecule has 332 valence electrons. The van der Waals surface area contributed by atoms with Crippen LogP contribution in [0.25, 0.3) is 0 Å². The van der Waals surface area contributed by atoms with Crippen LogP contribution in [0.2, 0.25) is 0 Å². The summed E-state index contributed by atoms with van der Waals surface area (Å²) in [4.78, 5) is 0. The van der Waals surface area contributed by atoms with E-state index in [1.54, 1.807) is 6.08 Å². The molecular formula is C45H87NO10. The van der Waals surface area contributed by atoms with Crippen LogP contribution in [0, 0.1) is 0 Å². The van der Waals surface area contributed by atoms with Crippen molar-refractivity contribution in [3.05, 3.63) is 24.3 Å². The Morgan fingerprint density at radius 3 is 1.59 bits per heavy atom. The molecule has 0 aromatic carbocycles. The predicted octanol–water partition coefficient (Wildman–Crippen LogP) is 7.51. The van der Waals surface area contributed by atoms with Gasteiger partial charge in [0.1, 0.15) is 30.5 Å². The first kappa shape index (κ1) is 53.1. The van der Waals surface area contributed by atoms with E-state index in [0.717, 1.165) is 57.8 Å². The monoisotopic (exact) mass is 802 g/mol. The first-order chi connectivity index (χ1) is 27.2. The molecule has 11 heteroatoms. The van der Waals surface area contributed by atoms with Gasteiger partial charge in [-0.2, -0.15) is 0 Å². The van der Waals surface area contributed by atoms with Gasteiger partial charge in [0, 0.05) is 0 Å². The van der Waals surface area contributed by atoms with Gasteiger partial charge in [-0.25, -0.2) is 0 Å². The van der Waals surface area contributed by atoms with E-state index in [9.17, 15) is 30.6 Å². The maximum atomic E-state index is 10.7. The number of hydrogen-bond donors (Lipinski definition) is 7. The lowest BCUT2D eigenvalue weighted by atomic mass is 9.99. The van der Waals surface area contributed by atoms with Gasteiger partial charge in [-0.1, -0.05) is 154 Å². The minimum atomic E-state index is -1.56. The first-order valence-corrected chi connectivity index (χ1v) is 22.8. The summed E-state index contributed by atoms with van der Waals surface area (Å²) < 4.78 is 23.2. The lowest BCUT2D eigenvalue weighted by molar-refractivity contribution is -0.310. The summed E-state index contributed by atoms with van der Waals surface area (Å²) >= 11 is 0. The van der Waals surface area contributed by atoms with E-state index in [0.29, 0.717) is 6.42 Å². The fourth-order valence-electron chi connectivity index (χ4n) is 6.87. The summed E-state index contributed by atoms with van der Waals surface area (Å²) in [5, 5.41) is 61.4. The maximum absolute atomic E-state index is 10.7. The Hall–Kier alpha value is -0.960. The van der Waals surface area contributed by atoms with Gasteiger partial charge in [-0.15, -0.1) is 0 Å². The summed E-state index contributed by atoms with van der Waals surface area (Å²) in [5.74, 6) is 0. The molecule has 0 saturated carbocycles. The summed E-state index contributed by atoms with van der Waals surface area (Å²) in [5.41, 5.74) is 6.16. The average molecular weight is 802 g/mol. The molecule has 0 amide bonds. The van der Waals surface area contributed by atoms with Crippen LogP contribution in [0.1, 0.15) is 181 Å². The first-order valence-electron chi connectivity index (χ1n) is 22.8.